The van der Waals surface area contributed by atoms with Crippen LogP contribution >= 0.6 is 0 Å². The van der Waals surface area contributed by atoms with E-state index in [2.05, 4.69) is 0 Å². The van der Waals surface area contributed by atoms with Crippen molar-refractivity contribution in [3.8, 4) is 0 Å². The fourth-order valence-electron chi connectivity index (χ4n) is 2.44. The number of carbonyl (C=O) groups is 1. The zero-order valence-corrected chi connectivity index (χ0v) is 13.2. The number of methoxy groups -OCH3 is 1. The van der Waals surface area contributed by atoms with Gasteiger partial charge in [0.2, 0.25) is 0 Å². The number of benzene rings is 2. The fourth-order valence-corrected chi connectivity index (χ4v) is 2.44. The van der Waals surface area contributed by atoms with Crippen LogP contribution in [0.3, 0.4) is 0 Å². The van der Waals surface area contributed by atoms with Gasteiger partial charge in [-0.15, -0.1) is 0 Å². The zero-order valence-electron chi connectivity index (χ0n) is 13.2. The normalized spacial score (nSPS) is 11.2. The fraction of sp³-hybridized carbons (Fsp3) is 0.278. The molecule has 6 heteroatoms. The van der Waals surface area contributed by atoms with E-state index in [1.54, 1.807) is 6.07 Å². The van der Waals surface area contributed by atoms with Gasteiger partial charge in [-0.3, -0.25) is 0 Å². The number of carbonyl (C=O) groups excluding carboxylic acids is 1. The van der Waals surface area contributed by atoms with Crippen molar-refractivity contribution in [2.24, 2.45) is 0 Å². The third-order valence-corrected chi connectivity index (χ3v) is 3.62. The highest BCUT2D eigenvalue weighted by molar-refractivity contribution is 5.67. The average molecular weight is 337 g/mol. The first-order valence-corrected chi connectivity index (χ1v) is 7.43. The molecule has 0 saturated carbocycles. The first-order valence-electron chi connectivity index (χ1n) is 7.43. The molecule has 24 heavy (non-hydrogen) atoms. The lowest BCUT2D eigenvalue weighted by atomic mass is 10.0. The Labute approximate surface area is 138 Å². The SMILES string of the molecule is COC(=O)N(CCc1ccccc1C(F)(F)F)Cc1ccccc1. The lowest BCUT2D eigenvalue weighted by molar-refractivity contribution is -0.138. The molecule has 0 aliphatic rings. The summed E-state index contributed by atoms with van der Waals surface area (Å²) in [5, 5.41) is 0. The summed E-state index contributed by atoms with van der Waals surface area (Å²) >= 11 is 0. The zero-order chi connectivity index (χ0) is 17.6. The second-order valence-corrected chi connectivity index (χ2v) is 5.28. The van der Waals surface area contributed by atoms with Crippen molar-refractivity contribution < 1.29 is 22.7 Å². The number of ether oxygens (including phenoxy) is 1. The smallest absolute Gasteiger partial charge is 0.416 e. The summed E-state index contributed by atoms with van der Waals surface area (Å²) in [6.07, 6.45) is -4.88. The summed E-state index contributed by atoms with van der Waals surface area (Å²) < 4.78 is 43.9. The van der Waals surface area contributed by atoms with Gasteiger partial charge in [-0.2, -0.15) is 13.2 Å². The number of alkyl halides is 3. The Kier molecular flexibility index (Phi) is 5.84. The summed E-state index contributed by atoms with van der Waals surface area (Å²) in [7, 11) is 1.25. The topological polar surface area (TPSA) is 29.5 Å². The molecule has 0 saturated heterocycles. The van der Waals surface area contributed by atoms with E-state index >= 15 is 0 Å². The molecule has 0 aliphatic carbocycles. The molecule has 2 rings (SSSR count). The Morgan fingerprint density at radius 2 is 1.67 bits per heavy atom. The van der Waals surface area contributed by atoms with Gasteiger partial charge < -0.3 is 9.64 Å². The van der Waals surface area contributed by atoms with Crippen molar-refractivity contribution in [3.05, 3.63) is 71.3 Å². The molecule has 0 aliphatic heterocycles. The van der Waals surface area contributed by atoms with Gasteiger partial charge in [0, 0.05) is 13.1 Å². The predicted molar refractivity (Wildman–Crippen MR) is 84.4 cm³/mol. The van der Waals surface area contributed by atoms with Crippen LogP contribution in [0.2, 0.25) is 0 Å². The van der Waals surface area contributed by atoms with Crippen LogP contribution in [0.15, 0.2) is 54.6 Å². The van der Waals surface area contributed by atoms with Crippen molar-refractivity contribution in [3.63, 3.8) is 0 Å². The molecule has 0 atom stereocenters. The van der Waals surface area contributed by atoms with Crippen LogP contribution in [-0.2, 0) is 23.9 Å². The van der Waals surface area contributed by atoms with Crippen molar-refractivity contribution in [2.45, 2.75) is 19.1 Å². The van der Waals surface area contributed by atoms with Crippen LogP contribution in [-0.4, -0.2) is 24.6 Å². The number of rotatable bonds is 5. The first-order chi connectivity index (χ1) is 11.4. The van der Waals surface area contributed by atoms with Gasteiger partial charge in [-0.1, -0.05) is 48.5 Å². The van der Waals surface area contributed by atoms with Crippen LogP contribution < -0.4 is 0 Å². The van der Waals surface area contributed by atoms with E-state index in [1.807, 2.05) is 30.3 Å². The van der Waals surface area contributed by atoms with Crippen molar-refractivity contribution in [1.29, 1.82) is 0 Å². The number of nitrogens with zero attached hydrogens (tertiary/aromatic N) is 1. The van der Waals surface area contributed by atoms with E-state index < -0.39 is 17.8 Å². The largest absolute Gasteiger partial charge is 0.453 e. The molecule has 0 aromatic heterocycles. The van der Waals surface area contributed by atoms with Crippen molar-refractivity contribution >= 4 is 6.09 Å². The number of hydrogen-bond donors (Lipinski definition) is 0. The maximum absolute atomic E-state index is 13.0. The number of halogens is 3. The van der Waals surface area contributed by atoms with E-state index in [9.17, 15) is 18.0 Å². The minimum absolute atomic E-state index is 0.0949. The van der Waals surface area contributed by atoms with E-state index in [1.165, 1.54) is 24.1 Å². The molecule has 0 fully saturated rings. The maximum atomic E-state index is 13.0. The molecular weight excluding hydrogens is 319 g/mol. The lowest BCUT2D eigenvalue weighted by Gasteiger charge is -2.22. The van der Waals surface area contributed by atoms with Crippen molar-refractivity contribution in [1.82, 2.24) is 4.90 Å². The van der Waals surface area contributed by atoms with Gasteiger partial charge in [0.25, 0.3) is 0 Å². The highest BCUT2D eigenvalue weighted by atomic mass is 19.4. The summed E-state index contributed by atoms with van der Waals surface area (Å²) in [4.78, 5) is 13.3. The molecule has 0 spiro atoms. The van der Waals surface area contributed by atoms with Crippen LogP contribution in [0.25, 0.3) is 0 Å². The molecular formula is C18H18F3NO2. The average Bonchev–Trinajstić information content (AvgIpc) is 2.58. The van der Waals surface area contributed by atoms with Gasteiger partial charge >= 0.3 is 12.3 Å². The maximum Gasteiger partial charge on any atom is 0.416 e. The Morgan fingerprint density at radius 1 is 1.04 bits per heavy atom. The van der Waals surface area contributed by atoms with Gasteiger partial charge in [-0.05, 0) is 23.6 Å². The molecule has 0 radical (unpaired) electrons. The van der Waals surface area contributed by atoms with Gasteiger partial charge in [-0.25, -0.2) is 4.79 Å². The predicted octanol–water partition coefficient (Wildman–Crippen LogP) is 4.52. The molecule has 2 aromatic rings. The summed E-state index contributed by atoms with van der Waals surface area (Å²) in [5.41, 5.74) is 0.369. The van der Waals surface area contributed by atoms with Crippen LogP contribution in [0.1, 0.15) is 16.7 Å². The molecule has 0 heterocycles. The summed E-state index contributed by atoms with van der Waals surface area (Å²) in [5.74, 6) is 0. The van der Waals surface area contributed by atoms with E-state index in [4.69, 9.17) is 4.74 Å². The van der Waals surface area contributed by atoms with Crippen molar-refractivity contribution in [2.75, 3.05) is 13.7 Å². The lowest BCUT2D eigenvalue weighted by Crippen LogP contribution is -2.32. The molecule has 128 valence electrons. The molecule has 2 aromatic carbocycles. The minimum Gasteiger partial charge on any atom is -0.453 e. The monoisotopic (exact) mass is 337 g/mol. The van der Waals surface area contributed by atoms with E-state index in [0.717, 1.165) is 11.6 Å². The number of hydrogen-bond acceptors (Lipinski definition) is 2. The van der Waals surface area contributed by atoms with Crippen LogP contribution in [0.5, 0.6) is 0 Å². The quantitative estimate of drug-likeness (QED) is 0.803. The van der Waals surface area contributed by atoms with E-state index in [0.29, 0.717) is 0 Å². The summed E-state index contributed by atoms with van der Waals surface area (Å²) in [6, 6.07) is 14.6. The first kappa shape index (κ1) is 17.8. The van der Waals surface area contributed by atoms with Crippen LogP contribution in [0, 0.1) is 0 Å². The molecule has 0 N–H and O–H groups in total. The number of amides is 1. The third kappa shape index (κ3) is 4.75. The second-order valence-electron chi connectivity index (χ2n) is 5.28. The Hall–Kier alpha value is -2.50. The summed E-state index contributed by atoms with van der Waals surface area (Å²) in [6.45, 7) is 0.413. The minimum atomic E-state index is -4.41. The molecule has 0 unspecified atom stereocenters. The molecule has 0 bridgehead atoms. The van der Waals surface area contributed by atoms with Gasteiger partial charge in [0.05, 0.1) is 12.7 Å². The van der Waals surface area contributed by atoms with E-state index in [-0.39, 0.29) is 25.1 Å². The standard InChI is InChI=1S/C18H18F3NO2/c1-24-17(23)22(13-14-7-3-2-4-8-14)12-11-15-9-5-6-10-16(15)18(19,20)21/h2-10H,11-13H2,1H3. The molecule has 1 amide bonds. The highest BCUT2D eigenvalue weighted by Crippen LogP contribution is 2.32. The molecule has 3 nitrogen and oxygen atoms in total. The Morgan fingerprint density at radius 3 is 2.29 bits per heavy atom. The Balaban J connectivity index is 2.13. The van der Waals surface area contributed by atoms with Crippen LogP contribution in [0.4, 0.5) is 18.0 Å². The second kappa shape index (κ2) is 7.86. The Bertz CT molecular complexity index is 671. The third-order valence-electron chi connectivity index (χ3n) is 3.62. The van der Waals surface area contributed by atoms with Gasteiger partial charge in [0.1, 0.15) is 0 Å². The highest BCUT2D eigenvalue weighted by Gasteiger charge is 2.32. The van der Waals surface area contributed by atoms with Gasteiger partial charge in [0.15, 0.2) is 0 Å².